The molecule has 0 atom stereocenters. The lowest BCUT2D eigenvalue weighted by atomic mass is 9.49. The van der Waals surface area contributed by atoms with E-state index in [-0.39, 0.29) is 17.3 Å². The molecule has 130 valence electrons. The van der Waals surface area contributed by atoms with E-state index < -0.39 is 0 Å². The lowest BCUT2D eigenvalue weighted by Gasteiger charge is -2.55. The third kappa shape index (κ3) is 2.12. The molecule has 4 aliphatic rings. The zero-order chi connectivity index (χ0) is 17.2. The van der Waals surface area contributed by atoms with Crippen molar-refractivity contribution in [3.8, 4) is 0 Å². The first-order valence-corrected chi connectivity index (χ1v) is 9.33. The van der Waals surface area contributed by atoms with Crippen molar-refractivity contribution in [3.05, 3.63) is 36.0 Å². The molecule has 0 amide bonds. The molecular weight excluding hydrogens is 314 g/mol. The second-order valence-electron chi connectivity index (χ2n) is 8.42. The van der Waals surface area contributed by atoms with Crippen LogP contribution in [0.5, 0.6) is 0 Å². The Morgan fingerprint density at radius 1 is 1.04 bits per heavy atom. The highest BCUT2D eigenvalue weighted by molar-refractivity contribution is 6.07. The van der Waals surface area contributed by atoms with E-state index in [0.29, 0.717) is 5.56 Å². The van der Waals surface area contributed by atoms with Crippen molar-refractivity contribution in [2.45, 2.75) is 38.5 Å². The van der Waals surface area contributed by atoms with E-state index in [1.807, 2.05) is 24.3 Å². The van der Waals surface area contributed by atoms with Crippen molar-refractivity contribution < 1.29 is 14.3 Å². The van der Waals surface area contributed by atoms with Gasteiger partial charge in [0, 0.05) is 11.6 Å². The number of para-hydroxylation sites is 1. The van der Waals surface area contributed by atoms with Gasteiger partial charge < -0.3 is 4.74 Å². The van der Waals surface area contributed by atoms with Crippen molar-refractivity contribution in [2.75, 3.05) is 7.11 Å². The Balaban J connectivity index is 1.62. The van der Waals surface area contributed by atoms with Crippen LogP contribution in [-0.2, 0) is 4.74 Å². The Labute approximate surface area is 147 Å². The largest absolute Gasteiger partial charge is 0.465 e. The Bertz CT molecular complexity index is 843. The molecule has 0 unspecified atom stereocenters. The summed E-state index contributed by atoms with van der Waals surface area (Å²) in [7, 11) is 1.38. The average Bonchev–Trinajstić information content (AvgIpc) is 2.99. The van der Waals surface area contributed by atoms with E-state index in [4.69, 9.17) is 4.74 Å². The molecule has 4 fully saturated rings. The molecule has 2 aromatic rings. The molecule has 0 radical (unpaired) electrons. The van der Waals surface area contributed by atoms with Gasteiger partial charge in [0.2, 0.25) is 5.91 Å². The van der Waals surface area contributed by atoms with Crippen molar-refractivity contribution in [2.24, 2.45) is 23.2 Å². The lowest BCUT2D eigenvalue weighted by Crippen LogP contribution is -2.51. The maximum Gasteiger partial charge on any atom is 0.340 e. The van der Waals surface area contributed by atoms with Crippen LogP contribution in [0.15, 0.2) is 30.5 Å². The molecule has 4 nitrogen and oxygen atoms in total. The fourth-order valence-corrected chi connectivity index (χ4v) is 6.25. The van der Waals surface area contributed by atoms with Gasteiger partial charge in [0.05, 0.1) is 23.6 Å². The number of carbonyl (C=O) groups excluding carboxylic acids is 2. The first kappa shape index (κ1) is 15.2. The van der Waals surface area contributed by atoms with Crippen LogP contribution in [0.25, 0.3) is 10.9 Å². The van der Waals surface area contributed by atoms with Gasteiger partial charge in [0.15, 0.2) is 0 Å². The number of esters is 1. The number of carbonyl (C=O) groups is 2. The Hall–Kier alpha value is -2.10. The van der Waals surface area contributed by atoms with Crippen LogP contribution >= 0.6 is 0 Å². The topological polar surface area (TPSA) is 48.3 Å². The first-order chi connectivity index (χ1) is 12.1. The number of rotatable bonds is 2. The van der Waals surface area contributed by atoms with Gasteiger partial charge in [0.25, 0.3) is 0 Å². The highest BCUT2D eigenvalue weighted by Crippen LogP contribution is 2.60. The van der Waals surface area contributed by atoms with Crippen LogP contribution in [-0.4, -0.2) is 23.6 Å². The van der Waals surface area contributed by atoms with Crippen LogP contribution in [0, 0.1) is 23.2 Å². The third-order valence-electron chi connectivity index (χ3n) is 6.83. The minimum absolute atomic E-state index is 0.193. The van der Waals surface area contributed by atoms with Crippen LogP contribution in [0.3, 0.4) is 0 Å². The lowest BCUT2D eigenvalue weighted by molar-refractivity contribution is -0.0398. The number of hydrogen-bond acceptors (Lipinski definition) is 3. The van der Waals surface area contributed by atoms with Gasteiger partial charge in [0.1, 0.15) is 0 Å². The molecule has 1 heterocycles. The van der Waals surface area contributed by atoms with Gasteiger partial charge in [-0.05, 0) is 62.3 Å². The number of ether oxygens (including phenoxy) is 1. The zero-order valence-electron chi connectivity index (χ0n) is 14.5. The third-order valence-corrected chi connectivity index (χ3v) is 6.83. The Morgan fingerprint density at radius 2 is 1.64 bits per heavy atom. The molecular formula is C21H23NO3. The highest BCUT2D eigenvalue weighted by atomic mass is 16.5. The van der Waals surface area contributed by atoms with Gasteiger partial charge in [-0.25, -0.2) is 4.79 Å². The molecule has 4 heteroatoms. The van der Waals surface area contributed by atoms with Crippen molar-refractivity contribution in [3.63, 3.8) is 0 Å². The first-order valence-electron chi connectivity index (χ1n) is 9.33. The second kappa shape index (κ2) is 5.20. The molecule has 4 bridgehead atoms. The number of aromatic nitrogens is 1. The summed E-state index contributed by atoms with van der Waals surface area (Å²) in [6, 6.07) is 7.65. The number of nitrogens with zero attached hydrogens (tertiary/aromatic N) is 1. The SMILES string of the molecule is COC(=O)c1cn(C(=O)C23CC4CC(CC(C4)C2)C3)c2ccccc12. The summed E-state index contributed by atoms with van der Waals surface area (Å²) in [5.41, 5.74) is 1.09. The Morgan fingerprint density at radius 3 is 2.24 bits per heavy atom. The minimum atomic E-state index is -0.381. The summed E-state index contributed by atoms with van der Waals surface area (Å²) in [6.07, 6.45) is 8.72. The molecule has 0 saturated heterocycles. The van der Waals surface area contributed by atoms with Gasteiger partial charge in [-0.2, -0.15) is 0 Å². The van der Waals surface area contributed by atoms with Gasteiger partial charge in [-0.1, -0.05) is 18.2 Å². The molecule has 1 aromatic heterocycles. The van der Waals surface area contributed by atoms with E-state index in [1.165, 1.54) is 26.4 Å². The average molecular weight is 337 g/mol. The zero-order valence-corrected chi connectivity index (χ0v) is 14.5. The van der Waals surface area contributed by atoms with E-state index >= 15 is 0 Å². The minimum Gasteiger partial charge on any atom is -0.465 e. The predicted octanol–water partition coefficient (Wildman–Crippen LogP) is 4.28. The van der Waals surface area contributed by atoms with Crippen molar-refractivity contribution in [1.82, 2.24) is 4.57 Å². The van der Waals surface area contributed by atoms with Crippen molar-refractivity contribution in [1.29, 1.82) is 0 Å². The normalized spacial score (nSPS) is 32.9. The summed E-state index contributed by atoms with van der Waals surface area (Å²) in [6.45, 7) is 0. The molecule has 4 saturated carbocycles. The smallest absolute Gasteiger partial charge is 0.340 e. The quantitative estimate of drug-likeness (QED) is 0.768. The Kier molecular flexibility index (Phi) is 3.16. The molecule has 1 aromatic carbocycles. The molecule has 0 spiro atoms. The molecule has 0 N–H and O–H groups in total. The van der Waals surface area contributed by atoms with Crippen LogP contribution < -0.4 is 0 Å². The highest BCUT2D eigenvalue weighted by Gasteiger charge is 2.55. The molecule has 6 rings (SSSR count). The maximum atomic E-state index is 13.6. The van der Waals surface area contributed by atoms with E-state index in [9.17, 15) is 9.59 Å². The fraction of sp³-hybridized carbons (Fsp3) is 0.524. The van der Waals surface area contributed by atoms with Gasteiger partial charge >= 0.3 is 5.97 Å². The number of fused-ring (bicyclic) bond motifs is 1. The number of methoxy groups -OCH3 is 1. The predicted molar refractivity (Wildman–Crippen MR) is 94.5 cm³/mol. The molecule has 4 aliphatic carbocycles. The van der Waals surface area contributed by atoms with Crippen LogP contribution in [0.2, 0.25) is 0 Å². The second-order valence-corrected chi connectivity index (χ2v) is 8.42. The van der Waals surface area contributed by atoms with E-state index in [2.05, 4.69) is 0 Å². The molecule has 25 heavy (non-hydrogen) atoms. The summed E-state index contributed by atoms with van der Waals surface area (Å²) in [4.78, 5) is 25.8. The monoisotopic (exact) mass is 337 g/mol. The van der Waals surface area contributed by atoms with Crippen LogP contribution in [0.4, 0.5) is 0 Å². The van der Waals surface area contributed by atoms with Crippen molar-refractivity contribution >= 4 is 22.8 Å². The summed E-state index contributed by atoms with van der Waals surface area (Å²) in [5, 5.41) is 0.799. The summed E-state index contributed by atoms with van der Waals surface area (Å²) < 4.78 is 6.67. The molecule has 0 aliphatic heterocycles. The van der Waals surface area contributed by atoms with Crippen LogP contribution in [0.1, 0.15) is 53.7 Å². The van der Waals surface area contributed by atoms with E-state index in [0.717, 1.165) is 47.9 Å². The fourth-order valence-electron chi connectivity index (χ4n) is 6.25. The van der Waals surface area contributed by atoms with Gasteiger partial charge in [-0.3, -0.25) is 9.36 Å². The summed E-state index contributed by atoms with van der Waals surface area (Å²) in [5.74, 6) is 1.97. The number of hydrogen-bond donors (Lipinski definition) is 0. The standard InChI is InChI=1S/C21H23NO3/c1-25-19(23)17-12-22(18-5-3-2-4-16(17)18)20(24)21-9-13-6-14(10-21)8-15(7-13)11-21/h2-5,12-15H,6-11H2,1H3. The summed E-state index contributed by atoms with van der Waals surface area (Å²) >= 11 is 0. The van der Waals surface area contributed by atoms with Gasteiger partial charge in [-0.15, -0.1) is 0 Å². The number of benzene rings is 1. The maximum absolute atomic E-state index is 13.6. The van der Waals surface area contributed by atoms with E-state index in [1.54, 1.807) is 10.8 Å².